The SMILES string of the molecule is COCCCOc1ccc(C(=O)Nc2ccccc2C(=O)NCCN)cc1.Cl. The molecule has 0 saturated carbocycles. The van der Waals surface area contributed by atoms with Gasteiger partial charge in [0.15, 0.2) is 0 Å². The van der Waals surface area contributed by atoms with Crippen LogP contribution in [0.5, 0.6) is 5.75 Å². The number of methoxy groups -OCH3 is 1. The van der Waals surface area contributed by atoms with E-state index < -0.39 is 0 Å². The molecule has 0 heterocycles. The highest BCUT2D eigenvalue weighted by atomic mass is 35.5. The van der Waals surface area contributed by atoms with Gasteiger partial charge in [0.2, 0.25) is 0 Å². The van der Waals surface area contributed by atoms with Crippen LogP contribution in [0.4, 0.5) is 5.69 Å². The summed E-state index contributed by atoms with van der Waals surface area (Å²) in [7, 11) is 1.65. The standard InChI is InChI=1S/C20H25N3O4.ClH/c1-26-13-4-14-27-16-9-7-15(8-10-16)19(24)23-18-6-3-2-5-17(18)20(25)22-12-11-21;/h2-3,5-10H,4,11-14,21H2,1H3,(H,22,25)(H,23,24);1H. The van der Waals surface area contributed by atoms with Crippen LogP contribution in [0.1, 0.15) is 27.1 Å². The Hall–Kier alpha value is -2.61. The van der Waals surface area contributed by atoms with E-state index in [1.54, 1.807) is 55.6 Å². The van der Waals surface area contributed by atoms with Gasteiger partial charge >= 0.3 is 0 Å². The van der Waals surface area contributed by atoms with Crippen molar-refractivity contribution < 1.29 is 19.1 Å². The molecule has 0 saturated heterocycles. The van der Waals surface area contributed by atoms with Crippen LogP contribution >= 0.6 is 12.4 Å². The monoisotopic (exact) mass is 407 g/mol. The molecular weight excluding hydrogens is 382 g/mol. The minimum absolute atomic E-state index is 0. The number of hydrogen-bond donors (Lipinski definition) is 3. The van der Waals surface area contributed by atoms with Crippen LogP contribution in [0.3, 0.4) is 0 Å². The molecule has 0 aromatic heterocycles. The number of benzene rings is 2. The van der Waals surface area contributed by atoms with Crippen molar-refractivity contribution in [2.24, 2.45) is 5.73 Å². The number of anilines is 1. The maximum atomic E-state index is 12.5. The van der Waals surface area contributed by atoms with Crippen LogP contribution in [-0.2, 0) is 4.74 Å². The predicted octanol–water partition coefficient (Wildman–Crippen LogP) is 2.46. The molecule has 152 valence electrons. The zero-order chi connectivity index (χ0) is 19.5. The van der Waals surface area contributed by atoms with Crippen molar-refractivity contribution in [3.8, 4) is 5.75 Å². The molecule has 0 fully saturated rings. The van der Waals surface area contributed by atoms with Crippen molar-refractivity contribution >= 4 is 29.9 Å². The second-order valence-electron chi connectivity index (χ2n) is 5.76. The number of carbonyl (C=O) groups is 2. The Morgan fingerprint density at radius 2 is 1.71 bits per heavy atom. The van der Waals surface area contributed by atoms with Crippen molar-refractivity contribution in [1.82, 2.24) is 5.32 Å². The first kappa shape index (κ1) is 23.4. The van der Waals surface area contributed by atoms with Crippen LogP contribution in [0.2, 0.25) is 0 Å². The molecule has 2 aromatic carbocycles. The van der Waals surface area contributed by atoms with Crippen molar-refractivity contribution in [2.45, 2.75) is 6.42 Å². The Morgan fingerprint density at radius 1 is 1.00 bits per heavy atom. The molecule has 0 radical (unpaired) electrons. The molecule has 7 nitrogen and oxygen atoms in total. The highest BCUT2D eigenvalue weighted by molar-refractivity contribution is 6.09. The molecule has 0 aliphatic rings. The Balaban J connectivity index is 0.00000392. The number of nitrogens with two attached hydrogens (primary N) is 1. The fourth-order valence-electron chi connectivity index (χ4n) is 2.36. The minimum atomic E-state index is -0.306. The molecule has 28 heavy (non-hydrogen) atoms. The van der Waals surface area contributed by atoms with Gasteiger partial charge < -0.3 is 25.8 Å². The summed E-state index contributed by atoms with van der Waals surface area (Å²) in [6.07, 6.45) is 0.793. The van der Waals surface area contributed by atoms with Gasteiger partial charge in [0, 0.05) is 38.8 Å². The molecule has 0 bridgehead atoms. The third-order valence-electron chi connectivity index (χ3n) is 3.73. The van der Waals surface area contributed by atoms with Gasteiger partial charge in [-0.25, -0.2) is 0 Å². The van der Waals surface area contributed by atoms with Crippen LogP contribution in [0.25, 0.3) is 0 Å². The lowest BCUT2D eigenvalue weighted by Crippen LogP contribution is -2.30. The maximum Gasteiger partial charge on any atom is 0.255 e. The third-order valence-corrected chi connectivity index (χ3v) is 3.73. The van der Waals surface area contributed by atoms with Crippen molar-refractivity contribution in [3.05, 3.63) is 59.7 Å². The predicted molar refractivity (Wildman–Crippen MR) is 111 cm³/mol. The summed E-state index contributed by atoms with van der Waals surface area (Å²) in [5.41, 5.74) is 6.70. The molecule has 2 aromatic rings. The van der Waals surface area contributed by atoms with E-state index in [-0.39, 0.29) is 24.2 Å². The summed E-state index contributed by atoms with van der Waals surface area (Å²) in [4.78, 5) is 24.7. The molecule has 4 N–H and O–H groups in total. The van der Waals surface area contributed by atoms with Crippen molar-refractivity contribution in [3.63, 3.8) is 0 Å². The van der Waals surface area contributed by atoms with Gasteiger partial charge in [-0.1, -0.05) is 12.1 Å². The first-order valence-corrected chi connectivity index (χ1v) is 8.76. The van der Waals surface area contributed by atoms with Gasteiger partial charge in [-0.2, -0.15) is 0 Å². The van der Waals surface area contributed by atoms with Gasteiger partial charge in [0.1, 0.15) is 5.75 Å². The lowest BCUT2D eigenvalue weighted by atomic mass is 10.1. The second kappa shape index (κ2) is 12.7. The Morgan fingerprint density at radius 3 is 2.39 bits per heavy atom. The first-order valence-electron chi connectivity index (χ1n) is 8.76. The topological polar surface area (TPSA) is 103 Å². The van der Waals surface area contributed by atoms with E-state index in [4.69, 9.17) is 15.2 Å². The summed E-state index contributed by atoms with van der Waals surface area (Å²) in [6.45, 7) is 1.90. The molecule has 0 aliphatic carbocycles. The summed E-state index contributed by atoms with van der Waals surface area (Å²) in [6, 6.07) is 13.7. The number of para-hydroxylation sites is 1. The number of hydrogen-bond acceptors (Lipinski definition) is 5. The van der Waals surface area contributed by atoms with E-state index >= 15 is 0 Å². The Kier molecular flexibility index (Phi) is 10.6. The zero-order valence-corrected chi connectivity index (χ0v) is 16.6. The molecule has 0 spiro atoms. The maximum absolute atomic E-state index is 12.5. The average molecular weight is 408 g/mol. The first-order chi connectivity index (χ1) is 13.2. The fraction of sp³-hybridized carbons (Fsp3) is 0.300. The molecule has 0 atom stereocenters. The third kappa shape index (κ3) is 7.19. The van der Waals surface area contributed by atoms with Gasteiger partial charge in [-0.05, 0) is 36.4 Å². The lowest BCUT2D eigenvalue weighted by molar-refractivity contribution is 0.0955. The van der Waals surface area contributed by atoms with Gasteiger partial charge in [-0.3, -0.25) is 9.59 Å². The number of halogens is 1. The molecule has 0 unspecified atom stereocenters. The highest BCUT2D eigenvalue weighted by Gasteiger charge is 2.13. The largest absolute Gasteiger partial charge is 0.494 e. The number of carbonyl (C=O) groups excluding carboxylic acids is 2. The number of ether oxygens (including phenoxy) is 2. The van der Waals surface area contributed by atoms with E-state index in [0.717, 1.165) is 6.42 Å². The van der Waals surface area contributed by atoms with E-state index in [0.29, 0.717) is 48.9 Å². The van der Waals surface area contributed by atoms with Crippen LogP contribution in [-0.4, -0.2) is 45.2 Å². The number of nitrogens with one attached hydrogen (secondary N) is 2. The van der Waals surface area contributed by atoms with Gasteiger partial charge in [-0.15, -0.1) is 12.4 Å². The highest BCUT2D eigenvalue weighted by Crippen LogP contribution is 2.18. The summed E-state index contributed by atoms with van der Waals surface area (Å²) in [5.74, 6) is 0.0976. The van der Waals surface area contributed by atoms with Crippen molar-refractivity contribution in [1.29, 1.82) is 0 Å². The normalized spacial score (nSPS) is 9.93. The fourth-order valence-corrected chi connectivity index (χ4v) is 2.36. The van der Waals surface area contributed by atoms with Crippen molar-refractivity contribution in [2.75, 3.05) is 38.7 Å². The molecular formula is C20H26ClN3O4. The summed E-state index contributed by atoms with van der Waals surface area (Å²) in [5, 5.41) is 5.47. The Labute approximate surface area is 171 Å². The van der Waals surface area contributed by atoms with Crippen LogP contribution in [0.15, 0.2) is 48.5 Å². The molecule has 8 heteroatoms. The number of amides is 2. The second-order valence-corrected chi connectivity index (χ2v) is 5.76. The van der Waals surface area contributed by atoms with Gasteiger partial charge in [0.25, 0.3) is 11.8 Å². The quantitative estimate of drug-likeness (QED) is 0.525. The van der Waals surface area contributed by atoms with E-state index in [2.05, 4.69) is 10.6 Å². The molecule has 2 amide bonds. The van der Waals surface area contributed by atoms with E-state index in [1.807, 2.05) is 0 Å². The summed E-state index contributed by atoms with van der Waals surface area (Å²) >= 11 is 0. The average Bonchev–Trinajstić information content (AvgIpc) is 2.70. The van der Waals surface area contributed by atoms with Crippen LogP contribution in [0, 0.1) is 0 Å². The molecule has 0 aliphatic heterocycles. The Bertz CT molecular complexity index is 753. The smallest absolute Gasteiger partial charge is 0.255 e. The van der Waals surface area contributed by atoms with Gasteiger partial charge in [0.05, 0.1) is 17.9 Å². The van der Waals surface area contributed by atoms with E-state index in [9.17, 15) is 9.59 Å². The number of rotatable bonds is 10. The molecule has 2 rings (SSSR count). The minimum Gasteiger partial charge on any atom is -0.494 e. The van der Waals surface area contributed by atoms with Crippen LogP contribution < -0.4 is 21.1 Å². The van der Waals surface area contributed by atoms with E-state index in [1.165, 1.54) is 0 Å². The summed E-state index contributed by atoms with van der Waals surface area (Å²) < 4.78 is 10.5. The lowest BCUT2D eigenvalue weighted by Gasteiger charge is -2.11. The zero-order valence-electron chi connectivity index (χ0n) is 15.8.